The lowest BCUT2D eigenvalue weighted by atomic mass is 10.1. The highest BCUT2D eigenvalue weighted by Gasteiger charge is 2.11. The number of pyridine rings is 2. The van der Waals surface area contributed by atoms with Crippen LogP contribution in [0.3, 0.4) is 0 Å². The molecule has 0 atom stereocenters. The standard InChI is InChI=1S/C13H11BrN2O/c1-9-3-2-4-16-13(9)12(17)6-10-5-11(14)8-15-7-10/h2-5,7-8H,6H2,1H3. The fourth-order valence-corrected chi connectivity index (χ4v) is 2.01. The van der Waals surface area contributed by atoms with E-state index in [1.807, 2.05) is 25.1 Å². The van der Waals surface area contributed by atoms with Crippen LogP contribution in [0.2, 0.25) is 0 Å². The van der Waals surface area contributed by atoms with Crippen LogP contribution in [-0.4, -0.2) is 15.8 Å². The zero-order valence-corrected chi connectivity index (χ0v) is 10.9. The third kappa shape index (κ3) is 2.97. The van der Waals surface area contributed by atoms with Gasteiger partial charge in [-0.1, -0.05) is 6.07 Å². The van der Waals surface area contributed by atoms with E-state index in [0.717, 1.165) is 15.6 Å². The quantitative estimate of drug-likeness (QED) is 0.816. The first-order chi connectivity index (χ1) is 8.16. The van der Waals surface area contributed by atoms with Gasteiger partial charge in [-0.15, -0.1) is 0 Å². The Hall–Kier alpha value is -1.55. The minimum absolute atomic E-state index is 0.0167. The van der Waals surface area contributed by atoms with Gasteiger partial charge < -0.3 is 0 Å². The smallest absolute Gasteiger partial charge is 0.185 e. The molecule has 86 valence electrons. The molecular formula is C13H11BrN2O. The highest BCUT2D eigenvalue weighted by Crippen LogP contribution is 2.13. The summed E-state index contributed by atoms with van der Waals surface area (Å²) < 4.78 is 0.876. The predicted octanol–water partition coefficient (Wildman–Crippen LogP) is 2.97. The summed E-state index contributed by atoms with van der Waals surface area (Å²) >= 11 is 3.33. The van der Waals surface area contributed by atoms with Crippen molar-refractivity contribution in [2.45, 2.75) is 13.3 Å². The Balaban J connectivity index is 2.20. The number of hydrogen-bond donors (Lipinski definition) is 0. The normalized spacial score (nSPS) is 10.2. The Kier molecular flexibility index (Phi) is 3.64. The molecule has 0 saturated carbocycles. The highest BCUT2D eigenvalue weighted by molar-refractivity contribution is 9.10. The van der Waals surface area contributed by atoms with Crippen molar-refractivity contribution in [3.05, 3.63) is 58.1 Å². The third-order valence-corrected chi connectivity index (χ3v) is 2.83. The molecule has 2 rings (SSSR count). The van der Waals surface area contributed by atoms with E-state index in [1.165, 1.54) is 0 Å². The van der Waals surface area contributed by atoms with Gasteiger partial charge in [-0.25, -0.2) is 0 Å². The Morgan fingerprint density at radius 3 is 2.94 bits per heavy atom. The number of rotatable bonds is 3. The molecule has 0 unspecified atom stereocenters. The van der Waals surface area contributed by atoms with E-state index in [9.17, 15) is 4.79 Å². The Bertz CT molecular complexity index is 555. The van der Waals surface area contributed by atoms with Crippen LogP contribution in [0.4, 0.5) is 0 Å². The Morgan fingerprint density at radius 1 is 1.41 bits per heavy atom. The lowest BCUT2D eigenvalue weighted by Gasteiger charge is -2.03. The number of nitrogens with zero attached hydrogens (tertiary/aromatic N) is 2. The Morgan fingerprint density at radius 2 is 2.24 bits per heavy atom. The van der Waals surface area contributed by atoms with Gasteiger partial charge >= 0.3 is 0 Å². The van der Waals surface area contributed by atoms with Gasteiger partial charge in [0, 0.05) is 29.5 Å². The zero-order chi connectivity index (χ0) is 12.3. The summed E-state index contributed by atoms with van der Waals surface area (Å²) in [5.41, 5.74) is 2.32. The van der Waals surface area contributed by atoms with Crippen molar-refractivity contribution < 1.29 is 4.79 Å². The highest BCUT2D eigenvalue weighted by atomic mass is 79.9. The molecule has 0 spiro atoms. The summed E-state index contributed by atoms with van der Waals surface area (Å²) in [4.78, 5) is 20.2. The first-order valence-corrected chi connectivity index (χ1v) is 6.00. The largest absolute Gasteiger partial charge is 0.292 e. The number of Topliss-reactive ketones (excluding diaryl/α,β-unsaturated/α-hetero) is 1. The number of carbonyl (C=O) groups excluding carboxylic acids is 1. The number of hydrogen-bond acceptors (Lipinski definition) is 3. The van der Waals surface area contributed by atoms with Gasteiger partial charge in [0.05, 0.1) is 0 Å². The first-order valence-electron chi connectivity index (χ1n) is 5.21. The fraction of sp³-hybridized carbons (Fsp3) is 0.154. The van der Waals surface area contributed by atoms with Crippen LogP contribution in [0.15, 0.2) is 41.3 Å². The van der Waals surface area contributed by atoms with E-state index in [1.54, 1.807) is 18.6 Å². The van der Waals surface area contributed by atoms with Gasteiger partial charge in [0.2, 0.25) is 0 Å². The number of halogens is 1. The number of ketones is 1. The van der Waals surface area contributed by atoms with E-state index >= 15 is 0 Å². The average molecular weight is 291 g/mol. The van der Waals surface area contributed by atoms with E-state index < -0.39 is 0 Å². The predicted molar refractivity (Wildman–Crippen MR) is 68.9 cm³/mol. The zero-order valence-electron chi connectivity index (χ0n) is 9.35. The van der Waals surface area contributed by atoms with E-state index in [4.69, 9.17) is 0 Å². The lowest BCUT2D eigenvalue weighted by molar-refractivity contribution is 0.0987. The van der Waals surface area contributed by atoms with Crippen molar-refractivity contribution in [2.24, 2.45) is 0 Å². The van der Waals surface area contributed by atoms with Gasteiger partial charge in [-0.3, -0.25) is 14.8 Å². The molecule has 2 aromatic heterocycles. The molecular weight excluding hydrogens is 280 g/mol. The molecule has 0 aliphatic rings. The van der Waals surface area contributed by atoms with Gasteiger partial charge in [-0.2, -0.15) is 0 Å². The molecule has 0 aliphatic carbocycles. The van der Waals surface area contributed by atoms with Gasteiger partial charge in [0.15, 0.2) is 5.78 Å². The van der Waals surface area contributed by atoms with Crippen LogP contribution in [-0.2, 0) is 6.42 Å². The maximum Gasteiger partial charge on any atom is 0.185 e. The van der Waals surface area contributed by atoms with Crippen molar-refractivity contribution >= 4 is 21.7 Å². The fourth-order valence-electron chi connectivity index (χ4n) is 1.60. The second-order valence-corrected chi connectivity index (χ2v) is 4.70. The molecule has 0 saturated heterocycles. The van der Waals surface area contributed by atoms with Crippen LogP contribution in [0.5, 0.6) is 0 Å². The van der Waals surface area contributed by atoms with Crippen LogP contribution in [0.25, 0.3) is 0 Å². The van der Waals surface area contributed by atoms with Gasteiger partial charge in [0.25, 0.3) is 0 Å². The molecule has 2 heterocycles. The number of aromatic nitrogens is 2. The first kappa shape index (κ1) is 11.9. The molecule has 0 aromatic carbocycles. The van der Waals surface area contributed by atoms with Crippen molar-refractivity contribution in [1.82, 2.24) is 9.97 Å². The molecule has 0 radical (unpaired) electrons. The molecule has 0 N–H and O–H groups in total. The maximum atomic E-state index is 12.0. The van der Waals surface area contributed by atoms with Crippen molar-refractivity contribution in [2.75, 3.05) is 0 Å². The SMILES string of the molecule is Cc1cccnc1C(=O)Cc1cncc(Br)c1. The van der Waals surface area contributed by atoms with Gasteiger partial charge in [-0.05, 0) is 46.1 Å². The topological polar surface area (TPSA) is 42.9 Å². The summed E-state index contributed by atoms with van der Waals surface area (Å²) in [6, 6.07) is 5.61. The summed E-state index contributed by atoms with van der Waals surface area (Å²) in [7, 11) is 0. The van der Waals surface area contributed by atoms with Crippen LogP contribution in [0.1, 0.15) is 21.6 Å². The van der Waals surface area contributed by atoms with E-state index in [0.29, 0.717) is 12.1 Å². The van der Waals surface area contributed by atoms with E-state index in [-0.39, 0.29) is 5.78 Å². The lowest BCUT2D eigenvalue weighted by Crippen LogP contribution is -2.08. The second-order valence-electron chi connectivity index (χ2n) is 3.78. The van der Waals surface area contributed by atoms with Crippen LogP contribution in [0, 0.1) is 6.92 Å². The molecule has 0 fully saturated rings. The van der Waals surface area contributed by atoms with Crippen LogP contribution >= 0.6 is 15.9 Å². The van der Waals surface area contributed by atoms with Crippen molar-refractivity contribution in [3.8, 4) is 0 Å². The molecule has 0 aliphatic heterocycles. The van der Waals surface area contributed by atoms with Crippen molar-refractivity contribution in [3.63, 3.8) is 0 Å². The third-order valence-electron chi connectivity index (χ3n) is 2.40. The van der Waals surface area contributed by atoms with E-state index in [2.05, 4.69) is 25.9 Å². The second kappa shape index (κ2) is 5.19. The van der Waals surface area contributed by atoms with Crippen molar-refractivity contribution in [1.29, 1.82) is 0 Å². The molecule has 2 aromatic rings. The summed E-state index contributed by atoms with van der Waals surface area (Å²) in [5, 5.41) is 0. The van der Waals surface area contributed by atoms with Crippen LogP contribution < -0.4 is 0 Å². The average Bonchev–Trinajstić information content (AvgIpc) is 2.29. The molecule has 4 heteroatoms. The summed E-state index contributed by atoms with van der Waals surface area (Å²) in [5.74, 6) is 0.0167. The minimum Gasteiger partial charge on any atom is -0.292 e. The molecule has 3 nitrogen and oxygen atoms in total. The molecule has 0 bridgehead atoms. The number of aryl methyl sites for hydroxylation is 1. The summed E-state index contributed by atoms with van der Waals surface area (Å²) in [6.45, 7) is 1.89. The molecule has 0 amide bonds. The Labute approximate surface area is 108 Å². The summed E-state index contributed by atoms with van der Waals surface area (Å²) in [6.07, 6.45) is 5.35. The van der Waals surface area contributed by atoms with Gasteiger partial charge in [0.1, 0.15) is 5.69 Å². The molecule has 17 heavy (non-hydrogen) atoms. The minimum atomic E-state index is 0.0167. The maximum absolute atomic E-state index is 12.0. The monoisotopic (exact) mass is 290 g/mol. The number of carbonyl (C=O) groups is 1.